The van der Waals surface area contributed by atoms with E-state index in [0.717, 1.165) is 10.0 Å². The molecular formula is C6H6N4S2. The van der Waals surface area contributed by atoms with Crippen molar-refractivity contribution in [2.24, 2.45) is 0 Å². The number of hydrogen-bond donors (Lipinski definition) is 1. The maximum Gasteiger partial charge on any atom is 0.203 e. The lowest BCUT2D eigenvalue weighted by Crippen LogP contribution is -1.79. The Kier molecular flexibility index (Phi) is 1.78. The molecule has 0 saturated carbocycles. The van der Waals surface area contributed by atoms with Gasteiger partial charge in [-0.3, -0.25) is 0 Å². The van der Waals surface area contributed by atoms with Crippen molar-refractivity contribution in [1.29, 1.82) is 0 Å². The summed E-state index contributed by atoms with van der Waals surface area (Å²) in [5.74, 6) is 0. The summed E-state index contributed by atoms with van der Waals surface area (Å²) in [5, 5.41) is 9.78. The molecule has 0 atom stereocenters. The molecule has 2 rings (SSSR count). The largest absolute Gasteiger partial charge is 0.374 e. The van der Waals surface area contributed by atoms with Crippen LogP contribution in [0.4, 0.5) is 5.13 Å². The first kappa shape index (κ1) is 7.63. The molecule has 4 nitrogen and oxygen atoms in total. The van der Waals surface area contributed by atoms with Gasteiger partial charge >= 0.3 is 0 Å². The summed E-state index contributed by atoms with van der Waals surface area (Å²) in [5.41, 5.74) is 5.44. The van der Waals surface area contributed by atoms with E-state index in [4.69, 9.17) is 5.73 Å². The van der Waals surface area contributed by atoms with Crippen LogP contribution in [-0.4, -0.2) is 15.2 Å². The minimum absolute atomic E-state index is 0.484. The fraction of sp³-hybridized carbons (Fsp3) is 0.167. The Bertz CT molecular complexity index is 353. The van der Waals surface area contributed by atoms with Crippen LogP contribution in [0, 0.1) is 6.92 Å². The molecule has 62 valence electrons. The summed E-state index contributed by atoms with van der Waals surface area (Å²) in [6, 6.07) is 0. The van der Waals surface area contributed by atoms with Crippen LogP contribution in [0.2, 0.25) is 0 Å². The highest BCUT2D eigenvalue weighted by atomic mass is 32.1. The molecule has 0 bridgehead atoms. The third-order valence-electron chi connectivity index (χ3n) is 1.24. The van der Waals surface area contributed by atoms with Crippen molar-refractivity contribution in [3.05, 3.63) is 11.1 Å². The van der Waals surface area contributed by atoms with E-state index >= 15 is 0 Å². The van der Waals surface area contributed by atoms with Gasteiger partial charge in [0.2, 0.25) is 5.13 Å². The first-order valence-electron chi connectivity index (χ1n) is 3.27. The molecule has 0 aromatic carbocycles. The summed E-state index contributed by atoms with van der Waals surface area (Å²) in [6.45, 7) is 2.01. The fourth-order valence-corrected chi connectivity index (χ4v) is 2.17. The van der Waals surface area contributed by atoms with Gasteiger partial charge in [0, 0.05) is 11.1 Å². The first-order chi connectivity index (χ1) is 5.75. The molecule has 12 heavy (non-hydrogen) atoms. The maximum absolute atomic E-state index is 5.44. The molecule has 0 spiro atoms. The number of rotatable bonds is 1. The minimum atomic E-state index is 0.484. The SMILES string of the molecule is Cc1cnc(-c2nnc(N)s2)s1. The topological polar surface area (TPSA) is 64.7 Å². The number of nitrogens with zero attached hydrogens (tertiary/aromatic N) is 3. The standard InChI is InChI=1S/C6H6N4S2/c1-3-2-8-4(11-3)5-9-10-6(7)12-5/h2H,1H3,(H2,7,10). The van der Waals surface area contributed by atoms with Crippen LogP contribution in [-0.2, 0) is 0 Å². The highest BCUT2D eigenvalue weighted by Crippen LogP contribution is 2.27. The molecular weight excluding hydrogens is 192 g/mol. The number of aromatic nitrogens is 3. The van der Waals surface area contributed by atoms with E-state index in [2.05, 4.69) is 15.2 Å². The first-order valence-corrected chi connectivity index (χ1v) is 4.91. The number of nitrogens with two attached hydrogens (primary N) is 1. The van der Waals surface area contributed by atoms with Gasteiger partial charge in [-0.2, -0.15) is 0 Å². The summed E-state index contributed by atoms with van der Waals surface area (Å²) >= 11 is 2.95. The molecule has 0 aliphatic heterocycles. The molecule has 0 saturated heterocycles. The van der Waals surface area contributed by atoms with Crippen LogP contribution in [0.5, 0.6) is 0 Å². The van der Waals surface area contributed by atoms with Gasteiger partial charge in [-0.25, -0.2) is 4.98 Å². The third kappa shape index (κ3) is 1.30. The Morgan fingerprint density at radius 2 is 2.08 bits per heavy atom. The minimum Gasteiger partial charge on any atom is -0.374 e. The van der Waals surface area contributed by atoms with E-state index in [9.17, 15) is 0 Å². The Morgan fingerprint density at radius 1 is 1.25 bits per heavy atom. The molecule has 0 unspecified atom stereocenters. The zero-order chi connectivity index (χ0) is 8.55. The molecule has 0 amide bonds. The van der Waals surface area contributed by atoms with Crippen molar-refractivity contribution >= 4 is 27.8 Å². The van der Waals surface area contributed by atoms with Crippen LogP contribution >= 0.6 is 22.7 Å². The second-order valence-electron chi connectivity index (χ2n) is 2.22. The van der Waals surface area contributed by atoms with Crippen molar-refractivity contribution < 1.29 is 0 Å². The summed E-state index contributed by atoms with van der Waals surface area (Å²) in [7, 11) is 0. The summed E-state index contributed by atoms with van der Waals surface area (Å²) < 4.78 is 0. The van der Waals surface area contributed by atoms with Crippen molar-refractivity contribution in [1.82, 2.24) is 15.2 Å². The zero-order valence-corrected chi connectivity index (χ0v) is 7.95. The molecule has 0 fully saturated rings. The number of nitrogen functional groups attached to an aromatic ring is 1. The average Bonchev–Trinajstić information content (AvgIpc) is 2.58. The van der Waals surface area contributed by atoms with E-state index in [1.165, 1.54) is 16.2 Å². The van der Waals surface area contributed by atoms with E-state index in [1.807, 2.05) is 13.1 Å². The second-order valence-corrected chi connectivity index (χ2v) is 4.47. The van der Waals surface area contributed by atoms with E-state index in [0.29, 0.717) is 5.13 Å². The Morgan fingerprint density at radius 3 is 2.58 bits per heavy atom. The quantitative estimate of drug-likeness (QED) is 0.755. The smallest absolute Gasteiger partial charge is 0.203 e. The van der Waals surface area contributed by atoms with Gasteiger partial charge in [0.15, 0.2) is 10.0 Å². The molecule has 0 radical (unpaired) electrons. The Balaban J connectivity index is 2.43. The van der Waals surface area contributed by atoms with Crippen LogP contribution < -0.4 is 5.73 Å². The second kappa shape index (κ2) is 2.80. The van der Waals surface area contributed by atoms with Crippen molar-refractivity contribution in [3.63, 3.8) is 0 Å². The van der Waals surface area contributed by atoms with Gasteiger partial charge in [-0.1, -0.05) is 11.3 Å². The molecule has 6 heteroatoms. The monoisotopic (exact) mass is 198 g/mol. The Hall–Kier alpha value is -1.01. The number of anilines is 1. The van der Waals surface area contributed by atoms with Gasteiger partial charge in [-0.05, 0) is 6.92 Å². The number of aryl methyl sites for hydroxylation is 1. The van der Waals surface area contributed by atoms with Gasteiger partial charge in [0.05, 0.1) is 0 Å². The molecule has 2 aromatic heterocycles. The lowest BCUT2D eigenvalue weighted by atomic mass is 10.6. The lowest BCUT2D eigenvalue weighted by molar-refractivity contribution is 1.10. The highest BCUT2D eigenvalue weighted by Gasteiger charge is 2.07. The van der Waals surface area contributed by atoms with Crippen molar-refractivity contribution in [2.75, 3.05) is 5.73 Å². The molecule has 2 aromatic rings. The van der Waals surface area contributed by atoms with E-state index < -0.39 is 0 Å². The summed E-state index contributed by atoms with van der Waals surface area (Å²) in [4.78, 5) is 5.34. The third-order valence-corrected chi connectivity index (χ3v) is 3.05. The van der Waals surface area contributed by atoms with Crippen LogP contribution in [0.1, 0.15) is 4.88 Å². The van der Waals surface area contributed by atoms with Crippen molar-refractivity contribution in [3.8, 4) is 10.0 Å². The molecule has 2 N–H and O–H groups in total. The number of thiazole rings is 1. The predicted octanol–water partition coefficient (Wildman–Crippen LogP) is 1.55. The van der Waals surface area contributed by atoms with Crippen LogP contribution in [0.3, 0.4) is 0 Å². The molecule has 2 heterocycles. The summed E-state index contributed by atoms with van der Waals surface area (Å²) in [6.07, 6.45) is 1.82. The van der Waals surface area contributed by atoms with Crippen LogP contribution in [0.25, 0.3) is 10.0 Å². The van der Waals surface area contributed by atoms with Crippen LogP contribution in [0.15, 0.2) is 6.20 Å². The van der Waals surface area contributed by atoms with Gasteiger partial charge < -0.3 is 5.73 Å². The van der Waals surface area contributed by atoms with Crippen molar-refractivity contribution in [2.45, 2.75) is 6.92 Å². The normalized spacial score (nSPS) is 10.4. The number of hydrogen-bond acceptors (Lipinski definition) is 6. The highest BCUT2D eigenvalue weighted by molar-refractivity contribution is 7.23. The van der Waals surface area contributed by atoms with E-state index in [1.54, 1.807) is 11.3 Å². The average molecular weight is 198 g/mol. The van der Waals surface area contributed by atoms with Gasteiger partial charge in [0.25, 0.3) is 0 Å². The molecule has 0 aliphatic carbocycles. The zero-order valence-electron chi connectivity index (χ0n) is 6.31. The Labute approximate surface area is 77.1 Å². The lowest BCUT2D eigenvalue weighted by Gasteiger charge is -1.81. The molecule has 0 aliphatic rings. The van der Waals surface area contributed by atoms with E-state index in [-0.39, 0.29) is 0 Å². The van der Waals surface area contributed by atoms with Gasteiger partial charge in [0.1, 0.15) is 0 Å². The fourth-order valence-electron chi connectivity index (χ4n) is 0.775. The van der Waals surface area contributed by atoms with Gasteiger partial charge in [-0.15, -0.1) is 21.5 Å². The maximum atomic E-state index is 5.44. The predicted molar refractivity (Wildman–Crippen MR) is 50.2 cm³/mol.